The van der Waals surface area contributed by atoms with Gasteiger partial charge in [0.15, 0.2) is 5.11 Å². The van der Waals surface area contributed by atoms with Crippen molar-refractivity contribution in [2.75, 3.05) is 12.4 Å². The number of hydrogen-bond acceptors (Lipinski definition) is 3. The molecule has 112 valence electrons. The average molecular weight is 304 g/mol. The van der Waals surface area contributed by atoms with Crippen LogP contribution in [0.25, 0.3) is 0 Å². The Hall–Kier alpha value is -2.08. The summed E-state index contributed by atoms with van der Waals surface area (Å²) in [7, 11) is 1.65. The fourth-order valence-corrected chi connectivity index (χ4v) is 2.11. The van der Waals surface area contributed by atoms with Crippen molar-refractivity contribution in [1.82, 2.24) is 15.1 Å². The highest BCUT2D eigenvalue weighted by atomic mass is 32.1. The first-order valence-electron chi connectivity index (χ1n) is 6.84. The van der Waals surface area contributed by atoms with Crippen molar-refractivity contribution in [2.45, 2.75) is 26.9 Å². The van der Waals surface area contributed by atoms with Crippen molar-refractivity contribution in [3.63, 3.8) is 0 Å². The van der Waals surface area contributed by atoms with E-state index in [-0.39, 0.29) is 0 Å². The summed E-state index contributed by atoms with van der Waals surface area (Å²) in [6, 6.07) is 7.63. The minimum Gasteiger partial charge on any atom is -0.497 e. The second-order valence-corrected chi connectivity index (χ2v) is 5.04. The molecule has 2 aromatic rings. The molecule has 2 N–H and O–H groups in total. The highest BCUT2D eigenvalue weighted by Gasteiger charge is 2.05. The number of aryl methyl sites for hydroxylation is 2. The maximum atomic E-state index is 5.29. The van der Waals surface area contributed by atoms with E-state index in [1.807, 2.05) is 42.1 Å². The van der Waals surface area contributed by atoms with Gasteiger partial charge in [-0.25, -0.2) is 0 Å². The molecule has 0 bridgehead atoms. The fraction of sp³-hybridized carbons (Fsp3) is 0.333. The van der Waals surface area contributed by atoms with Crippen LogP contribution in [-0.2, 0) is 13.1 Å². The molecule has 0 aliphatic heterocycles. The van der Waals surface area contributed by atoms with E-state index in [1.165, 1.54) is 0 Å². The Balaban J connectivity index is 1.87. The highest BCUT2D eigenvalue weighted by molar-refractivity contribution is 7.80. The first-order chi connectivity index (χ1) is 10.1. The summed E-state index contributed by atoms with van der Waals surface area (Å²) in [6.07, 6.45) is 2.04. The van der Waals surface area contributed by atoms with Gasteiger partial charge in [-0.1, -0.05) is 0 Å². The largest absolute Gasteiger partial charge is 0.497 e. The number of aromatic nitrogens is 2. The van der Waals surface area contributed by atoms with E-state index >= 15 is 0 Å². The van der Waals surface area contributed by atoms with Crippen LogP contribution >= 0.6 is 12.2 Å². The zero-order valence-electron chi connectivity index (χ0n) is 12.5. The smallest absolute Gasteiger partial charge is 0.171 e. The lowest BCUT2D eigenvalue weighted by molar-refractivity contribution is 0.415. The average Bonchev–Trinajstić information content (AvgIpc) is 2.86. The third-order valence-corrected chi connectivity index (χ3v) is 3.41. The molecule has 0 fully saturated rings. The number of thiocarbonyl (C=S) groups is 1. The molecule has 2 rings (SSSR count). The fourth-order valence-electron chi connectivity index (χ4n) is 1.92. The van der Waals surface area contributed by atoms with E-state index in [9.17, 15) is 0 Å². The van der Waals surface area contributed by atoms with E-state index in [0.717, 1.165) is 29.2 Å². The molecule has 1 heterocycles. The van der Waals surface area contributed by atoms with Crippen molar-refractivity contribution in [3.05, 3.63) is 41.7 Å². The summed E-state index contributed by atoms with van der Waals surface area (Å²) in [4.78, 5) is 0. The van der Waals surface area contributed by atoms with E-state index in [0.29, 0.717) is 11.7 Å². The molecule has 6 heteroatoms. The SMILES string of the molecule is CCn1cc(CNC(=S)Nc2ccc(OC)cc2)c(C)n1. The molecule has 1 aromatic carbocycles. The standard InChI is InChI=1S/C15H20N4OS/c1-4-19-10-12(11(2)18-19)9-16-15(21)17-13-5-7-14(20-3)8-6-13/h5-8,10H,4,9H2,1-3H3,(H2,16,17,21). The van der Waals surface area contributed by atoms with Crippen molar-refractivity contribution < 1.29 is 4.74 Å². The van der Waals surface area contributed by atoms with Gasteiger partial charge < -0.3 is 15.4 Å². The number of benzene rings is 1. The lowest BCUT2D eigenvalue weighted by atomic mass is 10.2. The molecular weight excluding hydrogens is 284 g/mol. The summed E-state index contributed by atoms with van der Waals surface area (Å²) in [6.45, 7) is 5.60. The lowest BCUT2D eigenvalue weighted by Gasteiger charge is -2.10. The van der Waals surface area contributed by atoms with Crippen LogP contribution < -0.4 is 15.4 Å². The van der Waals surface area contributed by atoms with Crippen LogP contribution in [0.3, 0.4) is 0 Å². The summed E-state index contributed by atoms with van der Waals surface area (Å²) in [5.41, 5.74) is 3.10. The van der Waals surface area contributed by atoms with E-state index in [4.69, 9.17) is 17.0 Å². The number of methoxy groups -OCH3 is 1. The van der Waals surface area contributed by atoms with Gasteiger partial charge >= 0.3 is 0 Å². The Labute approximate surface area is 130 Å². The maximum Gasteiger partial charge on any atom is 0.171 e. The summed E-state index contributed by atoms with van der Waals surface area (Å²) < 4.78 is 7.04. The molecular formula is C15H20N4OS. The molecule has 5 nitrogen and oxygen atoms in total. The molecule has 0 saturated heterocycles. The first-order valence-corrected chi connectivity index (χ1v) is 7.25. The lowest BCUT2D eigenvalue weighted by Crippen LogP contribution is -2.27. The van der Waals surface area contributed by atoms with E-state index < -0.39 is 0 Å². The molecule has 0 saturated carbocycles. The number of rotatable bonds is 5. The van der Waals surface area contributed by atoms with E-state index in [1.54, 1.807) is 7.11 Å². The maximum absolute atomic E-state index is 5.29. The molecule has 0 radical (unpaired) electrons. The second-order valence-electron chi connectivity index (χ2n) is 4.63. The van der Waals surface area contributed by atoms with Gasteiger partial charge in [0.25, 0.3) is 0 Å². The summed E-state index contributed by atoms with van der Waals surface area (Å²) >= 11 is 5.29. The second kappa shape index (κ2) is 7.08. The van der Waals surface area contributed by atoms with Crippen molar-refractivity contribution in [1.29, 1.82) is 0 Å². The van der Waals surface area contributed by atoms with Gasteiger partial charge in [0.2, 0.25) is 0 Å². The number of hydrogen-bond donors (Lipinski definition) is 2. The van der Waals surface area contributed by atoms with Crippen LogP contribution in [0.2, 0.25) is 0 Å². The van der Waals surface area contributed by atoms with Crippen LogP contribution in [0.15, 0.2) is 30.5 Å². The Bertz CT molecular complexity index is 607. The topological polar surface area (TPSA) is 51.1 Å². The third-order valence-electron chi connectivity index (χ3n) is 3.16. The zero-order valence-corrected chi connectivity index (χ0v) is 13.3. The molecule has 0 amide bonds. The monoisotopic (exact) mass is 304 g/mol. The normalized spacial score (nSPS) is 10.2. The van der Waals surface area contributed by atoms with Gasteiger partial charge in [0.05, 0.1) is 12.8 Å². The number of ether oxygens (including phenoxy) is 1. The molecule has 0 atom stereocenters. The van der Waals surface area contributed by atoms with Gasteiger partial charge in [0.1, 0.15) is 5.75 Å². The van der Waals surface area contributed by atoms with Crippen molar-refractivity contribution >= 4 is 23.0 Å². The number of nitrogens with zero attached hydrogens (tertiary/aromatic N) is 2. The minimum absolute atomic E-state index is 0.587. The Kier molecular flexibility index (Phi) is 5.16. The Morgan fingerprint density at radius 2 is 2.05 bits per heavy atom. The zero-order chi connectivity index (χ0) is 15.2. The molecule has 0 spiro atoms. The van der Waals surface area contributed by atoms with Crippen LogP contribution in [-0.4, -0.2) is 22.0 Å². The van der Waals surface area contributed by atoms with Crippen molar-refractivity contribution in [3.8, 4) is 5.75 Å². The molecule has 21 heavy (non-hydrogen) atoms. The van der Waals surface area contributed by atoms with E-state index in [2.05, 4.69) is 22.7 Å². The van der Waals surface area contributed by atoms with Gasteiger partial charge in [-0.2, -0.15) is 5.10 Å². The molecule has 1 aromatic heterocycles. The quantitative estimate of drug-likeness (QED) is 0.832. The van der Waals surface area contributed by atoms with Crippen molar-refractivity contribution in [2.24, 2.45) is 0 Å². The third kappa shape index (κ3) is 4.19. The van der Waals surface area contributed by atoms with Crippen LogP contribution in [0, 0.1) is 6.92 Å². The van der Waals surface area contributed by atoms with Gasteiger partial charge in [-0.3, -0.25) is 4.68 Å². The number of anilines is 1. The number of nitrogens with one attached hydrogen (secondary N) is 2. The van der Waals surface area contributed by atoms with Crippen LogP contribution in [0.4, 0.5) is 5.69 Å². The summed E-state index contributed by atoms with van der Waals surface area (Å²) in [5.74, 6) is 0.821. The Morgan fingerprint density at radius 3 is 2.62 bits per heavy atom. The predicted molar refractivity (Wildman–Crippen MR) is 88.7 cm³/mol. The van der Waals surface area contributed by atoms with Crippen LogP contribution in [0.1, 0.15) is 18.2 Å². The minimum atomic E-state index is 0.587. The molecule has 0 unspecified atom stereocenters. The molecule has 0 aliphatic rings. The highest BCUT2D eigenvalue weighted by Crippen LogP contribution is 2.14. The van der Waals surface area contributed by atoms with Gasteiger partial charge in [-0.15, -0.1) is 0 Å². The van der Waals surface area contributed by atoms with Crippen LogP contribution in [0.5, 0.6) is 5.75 Å². The molecule has 0 aliphatic carbocycles. The first kappa shape index (κ1) is 15.3. The summed E-state index contributed by atoms with van der Waals surface area (Å²) in [5, 5.41) is 11.3. The predicted octanol–water partition coefficient (Wildman–Crippen LogP) is 2.71. The van der Waals surface area contributed by atoms with Gasteiger partial charge in [-0.05, 0) is 50.3 Å². The van der Waals surface area contributed by atoms with Gasteiger partial charge in [0, 0.05) is 30.5 Å². The Morgan fingerprint density at radius 1 is 1.33 bits per heavy atom.